The molecule has 0 radical (unpaired) electrons. The van der Waals surface area contributed by atoms with Gasteiger partial charge in [0.15, 0.2) is 11.5 Å². The van der Waals surface area contributed by atoms with Crippen LogP contribution in [0.1, 0.15) is 12.5 Å². The smallest absolute Gasteiger partial charge is 0.296 e. The van der Waals surface area contributed by atoms with E-state index in [1.165, 1.54) is 38.5 Å². The number of nitrogens with one attached hydrogen (secondary N) is 1. The Morgan fingerprint density at radius 2 is 1.77 bits per heavy atom. The number of nitro benzene ring substituents is 1. The SMILES string of the molecule is COc1cc(Cl)cc(OC)c1NC(=O)C(N=Nc1ccc(C)cc1[N+](=O)[O-])C(C)=O. The Morgan fingerprint density at radius 3 is 2.27 bits per heavy atom. The first kappa shape index (κ1) is 22.8. The first-order chi connectivity index (χ1) is 14.2. The molecule has 1 atom stereocenters. The second kappa shape index (κ2) is 9.79. The van der Waals surface area contributed by atoms with Crippen molar-refractivity contribution < 1.29 is 24.0 Å². The summed E-state index contributed by atoms with van der Waals surface area (Å²) < 4.78 is 10.4. The standard InChI is InChI=1S/C19H19ClN4O6/c1-10-5-6-13(14(7-10)24(27)28)22-23-17(11(2)25)19(26)21-18-15(29-3)8-12(20)9-16(18)30-4/h5-9,17H,1-4H3,(H,21,26). The fraction of sp³-hybridized carbons (Fsp3) is 0.263. The lowest BCUT2D eigenvalue weighted by Gasteiger charge is -2.16. The molecule has 10 nitrogen and oxygen atoms in total. The van der Waals surface area contributed by atoms with Crippen LogP contribution in [0.3, 0.4) is 0 Å². The number of nitrogens with zero attached hydrogens (tertiary/aromatic N) is 3. The average molecular weight is 435 g/mol. The van der Waals surface area contributed by atoms with Gasteiger partial charge >= 0.3 is 0 Å². The number of aryl methyl sites for hydroxylation is 1. The molecule has 11 heteroatoms. The van der Waals surface area contributed by atoms with E-state index in [9.17, 15) is 19.7 Å². The van der Waals surface area contributed by atoms with Gasteiger partial charge in [-0.2, -0.15) is 5.11 Å². The molecule has 0 heterocycles. The molecular formula is C19H19ClN4O6. The number of anilines is 1. The van der Waals surface area contributed by atoms with Crippen LogP contribution in [-0.2, 0) is 9.59 Å². The van der Waals surface area contributed by atoms with Crippen LogP contribution >= 0.6 is 11.6 Å². The summed E-state index contributed by atoms with van der Waals surface area (Å²) in [5.74, 6) is -1.01. The zero-order chi connectivity index (χ0) is 22.4. The van der Waals surface area contributed by atoms with Crippen LogP contribution in [0.4, 0.5) is 17.1 Å². The molecule has 1 amide bonds. The highest BCUT2D eigenvalue weighted by atomic mass is 35.5. The summed E-state index contributed by atoms with van der Waals surface area (Å²) in [4.78, 5) is 35.3. The van der Waals surface area contributed by atoms with Gasteiger partial charge in [-0.05, 0) is 25.5 Å². The normalized spacial score (nSPS) is 11.8. The number of hydrogen-bond acceptors (Lipinski definition) is 8. The minimum absolute atomic E-state index is 0.0775. The lowest BCUT2D eigenvalue weighted by molar-refractivity contribution is -0.384. The first-order valence-corrected chi connectivity index (χ1v) is 8.94. The maximum atomic E-state index is 12.7. The van der Waals surface area contributed by atoms with Gasteiger partial charge in [0.05, 0.1) is 19.1 Å². The van der Waals surface area contributed by atoms with Crippen LogP contribution in [0.2, 0.25) is 5.02 Å². The molecule has 0 saturated carbocycles. The predicted molar refractivity (Wildman–Crippen MR) is 110 cm³/mol. The van der Waals surface area contributed by atoms with E-state index >= 15 is 0 Å². The van der Waals surface area contributed by atoms with Crippen LogP contribution in [0.25, 0.3) is 0 Å². The van der Waals surface area contributed by atoms with Crippen molar-refractivity contribution in [3.8, 4) is 11.5 Å². The van der Waals surface area contributed by atoms with Gasteiger partial charge in [-0.25, -0.2) is 0 Å². The largest absolute Gasteiger partial charge is 0.494 e. The summed E-state index contributed by atoms with van der Waals surface area (Å²) in [5, 5.41) is 21.6. The number of amides is 1. The molecular weight excluding hydrogens is 416 g/mol. The molecule has 2 aromatic rings. The van der Waals surface area contributed by atoms with E-state index in [-0.39, 0.29) is 28.6 Å². The predicted octanol–water partition coefficient (Wildman–Crippen LogP) is 4.25. The average Bonchev–Trinajstić information content (AvgIpc) is 2.69. The van der Waals surface area contributed by atoms with Crippen LogP contribution in [0, 0.1) is 17.0 Å². The van der Waals surface area contributed by atoms with Crippen LogP contribution in [0.5, 0.6) is 11.5 Å². The van der Waals surface area contributed by atoms with Crippen LogP contribution in [0.15, 0.2) is 40.6 Å². The summed E-state index contributed by atoms with van der Waals surface area (Å²) in [6, 6.07) is 5.68. The fourth-order valence-electron chi connectivity index (χ4n) is 2.50. The van der Waals surface area contributed by atoms with Crippen LogP contribution in [-0.4, -0.2) is 36.9 Å². The summed E-state index contributed by atoms with van der Waals surface area (Å²) in [6.07, 6.45) is 0. The number of carbonyl (C=O) groups is 2. The molecule has 0 bridgehead atoms. The monoisotopic (exact) mass is 434 g/mol. The number of halogens is 1. The van der Waals surface area contributed by atoms with E-state index < -0.39 is 22.7 Å². The molecule has 2 rings (SSSR count). The zero-order valence-electron chi connectivity index (χ0n) is 16.6. The maximum Gasteiger partial charge on any atom is 0.296 e. The van der Waals surface area contributed by atoms with Gasteiger partial charge in [0.2, 0.25) is 6.04 Å². The van der Waals surface area contributed by atoms with Crippen molar-refractivity contribution in [3.63, 3.8) is 0 Å². The molecule has 0 spiro atoms. The molecule has 0 aromatic heterocycles. The highest BCUT2D eigenvalue weighted by Crippen LogP contribution is 2.38. The van der Waals surface area contributed by atoms with Crippen molar-refractivity contribution in [1.82, 2.24) is 0 Å². The molecule has 1 unspecified atom stereocenters. The van der Waals surface area contributed by atoms with E-state index in [2.05, 4.69) is 15.5 Å². The van der Waals surface area contributed by atoms with E-state index in [0.717, 1.165) is 6.92 Å². The van der Waals surface area contributed by atoms with E-state index in [4.69, 9.17) is 21.1 Å². The van der Waals surface area contributed by atoms with Crippen molar-refractivity contribution >= 4 is 40.4 Å². The first-order valence-electron chi connectivity index (χ1n) is 8.56. The molecule has 2 aromatic carbocycles. The number of azo groups is 1. The molecule has 0 aliphatic carbocycles. The summed E-state index contributed by atoms with van der Waals surface area (Å²) in [6.45, 7) is 2.84. The number of Topliss-reactive ketones (excluding diaryl/α,β-unsaturated/α-hetero) is 1. The number of hydrogen-bond donors (Lipinski definition) is 1. The summed E-state index contributed by atoms with van der Waals surface area (Å²) in [7, 11) is 2.75. The Morgan fingerprint density at radius 1 is 1.17 bits per heavy atom. The topological polar surface area (TPSA) is 132 Å². The van der Waals surface area contributed by atoms with E-state index in [0.29, 0.717) is 10.6 Å². The number of nitro groups is 1. The van der Waals surface area contributed by atoms with E-state index in [1.54, 1.807) is 13.0 Å². The number of methoxy groups -OCH3 is 2. The number of ether oxygens (including phenoxy) is 2. The Bertz CT molecular complexity index is 999. The fourth-order valence-corrected chi connectivity index (χ4v) is 2.70. The van der Waals surface area contributed by atoms with Gasteiger partial charge < -0.3 is 14.8 Å². The van der Waals surface area contributed by atoms with Crippen molar-refractivity contribution in [2.45, 2.75) is 19.9 Å². The van der Waals surface area contributed by atoms with Gasteiger partial charge in [0.25, 0.3) is 11.6 Å². The van der Waals surface area contributed by atoms with Gasteiger partial charge in [-0.3, -0.25) is 19.7 Å². The number of rotatable bonds is 8. The lowest BCUT2D eigenvalue weighted by atomic mass is 10.2. The van der Waals surface area contributed by atoms with E-state index in [1.807, 2.05) is 0 Å². The Balaban J connectivity index is 2.37. The summed E-state index contributed by atoms with van der Waals surface area (Å²) >= 11 is 5.98. The number of carbonyl (C=O) groups excluding carboxylic acids is 2. The lowest BCUT2D eigenvalue weighted by Crippen LogP contribution is -2.32. The molecule has 1 N–H and O–H groups in total. The highest BCUT2D eigenvalue weighted by Gasteiger charge is 2.26. The van der Waals surface area contributed by atoms with Crippen molar-refractivity contribution in [2.24, 2.45) is 10.2 Å². The molecule has 0 saturated heterocycles. The molecule has 0 aliphatic rings. The Hall–Kier alpha value is -3.53. The highest BCUT2D eigenvalue weighted by molar-refractivity contribution is 6.31. The van der Waals surface area contributed by atoms with Crippen molar-refractivity contribution in [1.29, 1.82) is 0 Å². The zero-order valence-corrected chi connectivity index (χ0v) is 17.4. The quantitative estimate of drug-likeness (QED) is 0.285. The van der Waals surface area contributed by atoms with Crippen molar-refractivity contribution in [2.75, 3.05) is 19.5 Å². The third-order valence-electron chi connectivity index (χ3n) is 3.96. The van der Waals surface area contributed by atoms with Crippen LogP contribution < -0.4 is 14.8 Å². The molecule has 0 fully saturated rings. The van der Waals surface area contributed by atoms with Crippen molar-refractivity contribution in [3.05, 3.63) is 51.0 Å². The summed E-state index contributed by atoms with van der Waals surface area (Å²) in [5.41, 5.74) is 0.439. The van der Waals surface area contributed by atoms with Gasteiger partial charge in [-0.15, -0.1) is 5.11 Å². The second-order valence-corrected chi connectivity index (χ2v) is 6.59. The Labute approximate surface area is 177 Å². The minimum Gasteiger partial charge on any atom is -0.494 e. The van der Waals surface area contributed by atoms with Gasteiger partial charge in [0, 0.05) is 23.2 Å². The molecule has 158 valence electrons. The van der Waals surface area contributed by atoms with Gasteiger partial charge in [-0.1, -0.05) is 17.7 Å². The number of ketones is 1. The molecule has 0 aliphatic heterocycles. The minimum atomic E-state index is -1.55. The second-order valence-electron chi connectivity index (χ2n) is 6.15. The number of benzene rings is 2. The Kier molecular flexibility index (Phi) is 7.43. The maximum absolute atomic E-state index is 12.7. The third kappa shape index (κ3) is 5.29. The molecule has 30 heavy (non-hydrogen) atoms. The van der Waals surface area contributed by atoms with Gasteiger partial charge in [0.1, 0.15) is 17.2 Å². The third-order valence-corrected chi connectivity index (χ3v) is 4.18.